The van der Waals surface area contributed by atoms with Crippen molar-refractivity contribution in [2.75, 3.05) is 32.7 Å². The summed E-state index contributed by atoms with van der Waals surface area (Å²) in [6.07, 6.45) is 5.38. The molecule has 0 aliphatic carbocycles. The topological polar surface area (TPSA) is 19.4 Å². The van der Waals surface area contributed by atoms with E-state index in [0.717, 1.165) is 31.1 Å². The third-order valence-corrected chi connectivity index (χ3v) is 5.25. The fraction of sp³-hybridized carbons (Fsp3) is 0.688. The number of nitrogens with zero attached hydrogens (tertiary/aromatic N) is 3. The highest BCUT2D eigenvalue weighted by Crippen LogP contribution is 2.24. The molecule has 2 aliphatic rings. The first-order valence-electron chi connectivity index (χ1n) is 7.96. The molecule has 0 atom stereocenters. The van der Waals surface area contributed by atoms with Crippen LogP contribution in [0.4, 0.5) is 0 Å². The third kappa shape index (κ3) is 4.32. The Morgan fingerprint density at radius 1 is 1.00 bits per heavy atom. The van der Waals surface area contributed by atoms with Crippen LogP contribution in [0.1, 0.15) is 31.2 Å². The molecule has 0 radical (unpaired) electrons. The van der Waals surface area contributed by atoms with Crippen LogP contribution in [-0.2, 0) is 6.54 Å². The zero-order chi connectivity index (χ0) is 14.7. The molecule has 0 N–H and O–H groups in total. The lowest BCUT2D eigenvalue weighted by molar-refractivity contribution is 0.149. The van der Waals surface area contributed by atoms with E-state index in [1.54, 1.807) is 0 Å². The Morgan fingerprint density at radius 2 is 1.71 bits per heavy atom. The molecule has 0 amide bonds. The van der Waals surface area contributed by atoms with Crippen LogP contribution in [0.5, 0.6) is 0 Å². The molecule has 0 spiro atoms. The van der Waals surface area contributed by atoms with Crippen molar-refractivity contribution in [2.24, 2.45) is 5.92 Å². The van der Waals surface area contributed by atoms with E-state index in [4.69, 9.17) is 23.2 Å². The van der Waals surface area contributed by atoms with E-state index in [2.05, 4.69) is 14.8 Å². The van der Waals surface area contributed by atoms with Gasteiger partial charge in [0.2, 0.25) is 0 Å². The Morgan fingerprint density at radius 3 is 2.38 bits per heavy atom. The van der Waals surface area contributed by atoms with E-state index in [1.807, 2.05) is 12.1 Å². The van der Waals surface area contributed by atoms with Gasteiger partial charge in [0.1, 0.15) is 10.3 Å². The predicted octanol–water partition coefficient (Wildman–Crippen LogP) is 3.70. The summed E-state index contributed by atoms with van der Waals surface area (Å²) < 4.78 is 0. The van der Waals surface area contributed by atoms with Crippen LogP contribution in [-0.4, -0.2) is 47.5 Å². The quantitative estimate of drug-likeness (QED) is 0.786. The number of hydrogen-bond acceptors (Lipinski definition) is 3. The van der Waals surface area contributed by atoms with Gasteiger partial charge in [-0.25, -0.2) is 4.98 Å². The summed E-state index contributed by atoms with van der Waals surface area (Å²) in [5.41, 5.74) is 1.08. The number of hydrogen-bond donors (Lipinski definition) is 0. The Kier molecular flexibility index (Phi) is 5.38. The highest BCUT2D eigenvalue weighted by atomic mass is 35.5. The van der Waals surface area contributed by atoms with Crippen molar-refractivity contribution >= 4 is 23.2 Å². The SMILES string of the molecule is Clc1ccc(CN2CCC(CN3CCCC3)CC2)c(Cl)n1. The van der Waals surface area contributed by atoms with Crippen LogP contribution in [0.3, 0.4) is 0 Å². The van der Waals surface area contributed by atoms with Crippen LogP contribution in [0, 0.1) is 5.92 Å². The Bertz CT molecular complexity index is 467. The summed E-state index contributed by atoms with van der Waals surface area (Å²) in [5.74, 6) is 0.873. The van der Waals surface area contributed by atoms with Gasteiger partial charge >= 0.3 is 0 Å². The van der Waals surface area contributed by atoms with Gasteiger partial charge in [0, 0.05) is 18.7 Å². The molecule has 3 nitrogen and oxygen atoms in total. The lowest BCUT2D eigenvalue weighted by Crippen LogP contribution is -2.37. The highest BCUT2D eigenvalue weighted by Gasteiger charge is 2.23. The standard InChI is InChI=1S/C16H23Cl2N3/c17-15-4-3-14(16(18)19-15)12-21-9-5-13(6-10-21)11-20-7-1-2-8-20/h3-4,13H,1-2,5-12H2. The molecule has 1 aromatic rings. The Labute approximate surface area is 137 Å². The van der Waals surface area contributed by atoms with Gasteiger partial charge in [0.25, 0.3) is 0 Å². The summed E-state index contributed by atoms with van der Waals surface area (Å²) in [7, 11) is 0. The van der Waals surface area contributed by atoms with E-state index >= 15 is 0 Å². The average molecular weight is 328 g/mol. The molecule has 1 aromatic heterocycles. The first-order chi connectivity index (χ1) is 10.2. The van der Waals surface area contributed by atoms with Crippen molar-refractivity contribution in [3.63, 3.8) is 0 Å². The smallest absolute Gasteiger partial charge is 0.135 e. The Balaban J connectivity index is 1.46. The minimum absolute atomic E-state index is 0.466. The number of rotatable bonds is 4. The lowest BCUT2D eigenvalue weighted by atomic mass is 9.96. The monoisotopic (exact) mass is 327 g/mol. The van der Waals surface area contributed by atoms with Crippen molar-refractivity contribution in [1.82, 2.24) is 14.8 Å². The van der Waals surface area contributed by atoms with Gasteiger partial charge in [-0.15, -0.1) is 0 Å². The number of likely N-dealkylation sites (tertiary alicyclic amines) is 2. The summed E-state index contributed by atoms with van der Waals surface area (Å²) in [6.45, 7) is 7.14. The van der Waals surface area contributed by atoms with Crippen LogP contribution >= 0.6 is 23.2 Å². The summed E-state index contributed by atoms with van der Waals surface area (Å²) in [6, 6.07) is 3.82. The summed E-state index contributed by atoms with van der Waals surface area (Å²) in [4.78, 5) is 9.24. The van der Waals surface area contributed by atoms with E-state index in [9.17, 15) is 0 Å². The summed E-state index contributed by atoms with van der Waals surface area (Å²) >= 11 is 12.0. The third-order valence-electron chi connectivity index (χ3n) is 4.71. The molecule has 2 saturated heterocycles. The van der Waals surface area contributed by atoms with Crippen LogP contribution in [0.15, 0.2) is 12.1 Å². The molecule has 2 aliphatic heterocycles. The van der Waals surface area contributed by atoms with Crippen LogP contribution < -0.4 is 0 Å². The van der Waals surface area contributed by atoms with E-state index in [-0.39, 0.29) is 0 Å². The fourth-order valence-corrected chi connectivity index (χ4v) is 3.86. The number of piperidine rings is 1. The molecular weight excluding hydrogens is 305 g/mol. The number of pyridine rings is 1. The maximum atomic E-state index is 6.16. The fourth-order valence-electron chi connectivity index (χ4n) is 3.46. The normalized spacial score (nSPS) is 22.0. The minimum atomic E-state index is 0.466. The van der Waals surface area contributed by atoms with Gasteiger partial charge in [0.15, 0.2) is 0 Å². The molecule has 116 valence electrons. The molecule has 3 heterocycles. The van der Waals surface area contributed by atoms with Gasteiger partial charge in [-0.05, 0) is 63.8 Å². The van der Waals surface area contributed by atoms with E-state index < -0.39 is 0 Å². The summed E-state index contributed by atoms with van der Waals surface area (Å²) in [5, 5.41) is 1.01. The minimum Gasteiger partial charge on any atom is -0.303 e. The maximum absolute atomic E-state index is 6.16. The molecule has 5 heteroatoms. The number of aromatic nitrogens is 1. The maximum Gasteiger partial charge on any atom is 0.135 e. The van der Waals surface area contributed by atoms with Crippen molar-refractivity contribution in [1.29, 1.82) is 0 Å². The Hall–Kier alpha value is -0.350. The lowest BCUT2D eigenvalue weighted by Gasteiger charge is -2.33. The molecule has 0 saturated carbocycles. The average Bonchev–Trinajstić information content (AvgIpc) is 2.97. The second-order valence-electron chi connectivity index (χ2n) is 6.31. The number of halogens is 2. The van der Waals surface area contributed by atoms with Crippen LogP contribution in [0.2, 0.25) is 10.3 Å². The molecule has 21 heavy (non-hydrogen) atoms. The molecule has 0 bridgehead atoms. The molecule has 3 rings (SSSR count). The predicted molar refractivity (Wildman–Crippen MR) is 87.9 cm³/mol. The van der Waals surface area contributed by atoms with Crippen molar-refractivity contribution < 1.29 is 0 Å². The van der Waals surface area contributed by atoms with Gasteiger partial charge in [-0.3, -0.25) is 4.90 Å². The van der Waals surface area contributed by atoms with Gasteiger partial charge < -0.3 is 4.90 Å². The molecule has 0 unspecified atom stereocenters. The van der Waals surface area contributed by atoms with E-state index in [0.29, 0.717) is 10.3 Å². The van der Waals surface area contributed by atoms with Gasteiger partial charge in [-0.2, -0.15) is 0 Å². The first kappa shape index (κ1) is 15.5. The zero-order valence-electron chi connectivity index (χ0n) is 12.4. The molecule has 0 aromatic carbocycles. The van der Waals surface area contributed by atoms with Crippen molar-refractivity contribution in [2.45, 2.75) is 32.2 Å². The van der Waals surface area contributed by atoms with Crippen molar-refractivity contribution in [3.8, 4) is 0 Å². The van der Waals surface area contributed by atoms with E-state index in [1.165, 1.54) is 45.3 Å². The second kappa shape index (κ2) is 7.28. The van der Waals surface area contributed by atoms with Crippen molar-refractivity contribution in [3.05, 3.63) is 28.0 Å². The van der Waals surface area contributed by atoms with Gasteiger partial charge in [-0.1, -0.05) is 29.3 Å². The first-order valence-corrected chi connectivity index (χ1v) is 8.72. The highest BCUT2D eigenvalue weighted by molar-refractivity contribution is 6.32. The van der Waals surface area contributed by atoms with Crippen LogP contribution in [0.25, 0.3) is 0 Å². The second-order valence-corrected chi connectivity index (χ2v) is 7.06. The molecular formula is C16H23Cl2N3. The largest absolute Gasteiger partial charge is 0.303 e. The van der Waals surface area contributed by atoms with Gasteiger partial charge in [0.05, 0.1) is 0 Å². The molecule has 2 fully saturated rings. The zero-order valence-corrected chi connectivity index (χ0v) is 13.9.